The Morgan fingerprint density at radius 2 is 1.86 bits per heavy atom. The molecule has 0 amide bonds. The third-order valence-electron chi connectivity index (χ3n) is 5.13. The number of likely N-dealkylation sites (tertiary alicyclic amines) is 1. The number of aromatic nitrogens is 1. The summed E-state index contributed by atoms with van der Waals surface area (Å²) in [7, 11) is -4.15. The molecule has 0 radical (unpaired) electrons. The van der Waals surface area contributed by atoms with Crippen molar-refractivity contribution in [1.29, 1.82) is 0 Å². The molecule has 1 fully saturated rings. The van der Waals surface area contributed by atoms with Gasteiger partial charge in [0.25, 0.3) is 10.0 Å². The molecule has 200 valence electrons. The molecule has 0 saturated carbocycles. The van der Waals surface area contributed by atoms with Crippen molar-refractivity contribution in [3.8, 4) is 0 Å². The average Bonchev–Trinajstić information content (AvgIpc) is 3.30. The number of hydrogen-bond acceptors (Lipinski definition) is 7. The van der Waals surface area contributed by atoms with Crippen molar-refractivity contribution >= 4 is 49.7 Å². The number of carbonyl (C=O) groups is 1. The van der Waals surface area contributed by atoms with E-state index in [4.69, 9.17) is 21.5 Å². The van der Waals surface area contributed by atoms with Crippen LogP contribution in [0.5, 0.6) is 0 Å². The number of benzene rings is 2. The van der Waals surface area contributed by atoms with E-state index in [9.17, 15) is 26.0 Å². The highest BCUT2D eigenvalue weighted by atomic mass is 35.5. The molecule has 4 rings (SSSR count). The summed E-state index contributed by atoms with van der Waals surface area (Å²) in [5, 5.41) is 12.3. The van der Waals surface area contributed by atoms with Crippen molar-refractivity contribution in [1.82, 2.24) is 9.88 Å². The van der Waals surface area contributed by atoms with Gasteiger partial charge in [0, 0.05) is 18.1 Å². The predicted molar refractivity (Wildman–Crippen MR) is 132 cm³/mol. The van der Waals surface area contributed by atoms with Gasteiger partial charge in [-0.1, -0.05) is 41.9 Å². The van der Waals surface area contributed by atoms with Crippen molar-refractivity contribution in [2.45, 2.75) is 23.5 Å². The largest absolute Gasteiger partial charge is 0.490 e. The Morgan fingerprint density at radius 3 is 2.38 bits per heavy atom. The van der Waals surface area contributed by atoms with Gasteiger partial charge in [0.2, 0.25) is 0 Å². The smallest absolute Gasteiger partial charge is 0.475 e. The summed E-state index contributed by atoms with van der Waals surface area (Å²) in [6.45, 7) is 2.78. The van der Waals surface area contributed by atoms with E-state index in [2.05, 4.69) is 19.9 Å². The number of carboxylic acid groups (broad SMARTS) is 1. The Balaban J connectivity index is 0.000000479. The Labute approximate surface area is 219 Å². The first-order valence-corrected chi connectivity index (χ1v) is 13.4. The molecule has 0 aliphatic carbocycles. The van der Waals surface area contributed by atoms with E-state index >= 15 is 0 Å². The molecule has 1 aromatic heterocycles. The highest BCUT2D eigenvalue weighted by Crippen LogP contribution is 2.32. The van der Waals surface area contributed by atoms with E-state index in [0.717, 1.165) is 55.1 Å². The lowest BCUT2D eigenvalue weighted by atomic mass is 10.0. The second kappa shape index (κ2) is 12.1. The number of rotatable bonds is 8. The van der Waals surface area contributed by atoms with Gasteiger partial charge in [0.15, 0.2) is 5.13 Å². The molecule has 1 aliphatic heterocycles. The predicted octanol–water partition coefficient (Wildman–Crippen LogP) is 5.23. The summed E-state index contributed by atoms with van der Waals surface area (Å²) < 4.78 is 73.9. The second-order valence-corrected chi connectivity index (χ2v) is 10.7. The van der Waals surface area contributed by atoms with Crippen molar-refractivity contribution in [3.05, 3.63) is 70.4 Å². The number of anilines is 2. The molecule has 8 nitrogen and oxygen atoms in total. The number of alkyl halides is 3. The van der Waals surface area contributed by atoms with Gasteiger partial charge in [-0.25, -0.2) is 22.6 Å². The third kappa shape index (κ3) is 8.02. The van der Waals surface area contributed by atoms with E-state index in [1.807, 2.05) is 30.3 Å². The highest BCUT2D eigenvalue weighted by molar-refractivity contribution is 7.93. The van der Waals surface area contributed by atoms with Crippen LogP contribution in [0.2, 0.25) is 5.02 Å². The zero-order chi connectivity index (χ0) is 27.2. The molecule has 15 heteroatoms. The van der Waals surface area contributed by atoms with E-state index < -0.39 is 32.9 Å². The normalized spacial score (nSPS) is 14.6. The van der Waals surface area contributed by atoms with Crippen LogP contribution < -0.4 is 10.0 Å². The summed E-state index contributed by atoms with van der Waals surface area (Å²) in [4.78, 5) is 14.5. The molecule has 0 spiro atoms. The lowest BCUT2D eigenvalue weighted by Crippen LogP contribution is -2.41. The maximum Gasteiger partial charge on any atom is 0.490 e. The fourth-order valence-electron chi connectivity index (χ4n) is 3.22. The van der Waals surface area contributed by atoms with Crippen LogP contribution in [0.4, 0.5) is 28.4 Å². The standard InChI is InChI=1S/C20H20ClFN4O2S2.C2HF3O2/c21-15-11-19(30(27,28)25-20-23-7-10-29-20)16(22)12-17(15)24-18(13-26-8-4-9-26)14-5-2-1-3-6-14;3-2(4,5)1(6)7/h1-3,5-7,10-12,18,24H,4,8-9,13H2,(H,23,25);(H,6,7). The third-order valence-corrected chi connectivity index (χ3v) is 7.61. The molecular formula is C22H21ClF4N4O4S2. The van der Waals surface area contributed by atoms with Crippen molar-refractivity contribution in [3.63, 3.8) is 0 Å². The van der Waals surface area contributed by atoms with Gasteiger partial charge in [-0.05, 0) is 37.2 Å². The summed E-state index contributed by atoms with van der Waals surface area (Å²) in [5.74, 6) is -3.64. The second-order valence-electron chi connectivity index (χ2n) is 7.77. The maximum atomic E-state index is 14.8. The van der Waals surface area contributed by atoms with Crippen LogP contribution in [0.3, 0.4) is 0 Å². The van der Waals surface area contributed by atoms with Gasteiger partial charge in [0.05, 0.1) is 16.8 Å². The van der Waals surface area contributed by atoms with Gasteiger partial charge in [0.1, 0.15) is 10.7 Å². The van der Waals surface area contributed by atoms with Gasteiger partial charge < -0.3 is 15.3 Å². The fraction of sp³-hybridized carbons (Fsp3) is 0.273. The molecule has 1 saturated heterocycles. The Morgan fingerprint density at radius 1 is 1.22 bits per heavy atom. The van der Waals surface area contributed by atoms with Crippen LogP contribution in [0.25, 0.3) is 0 Å². The number of halogens is 5. The molecule has 1 unspecified atom stereocenters. The topological polar surface area (TPSA) is 112 Å². The number of hydrogen-bond donors (Lipinski definition) is 3. The maximum absolute atomic E-state index is 14.8. The first kappa shape index (κ1) is 28.6. The molecule has 37 heavy (non-hydrogen) atoms. The van der Waals surface area contributed by atoms with Gasteiger partial charge in [-0.2, -0.15) is 13.2 Å². The number of carboxylic acids is 1. The van der Waals surface area contributed by atoms with Crippen molar-refractivity contribution in [2.24, 2.45) is 0 Å². The molecule has 2 aromatic carbocycles. The van der Waals surface area contributed by atoms with Crippen molar-refractivity contribution < 1.29 is 35.9 Å². The molecule has 3 aromatic rings. The quantitative estimate of drug-likeness (QED) is 0.313. The van der Waals surface area contributed by atoms with E-state index in [-0.39, 0.29) is 16.2 Å². The number of nitrogens with zero attached hydrogens (tertiary/aromatic N) is 2. The zero-order valence-corrected chi connectivity index (χ0v) is 21.3. The first-order valence-electron chi connectivity index (χ1n) is 10.6. The van der Waals surface area contributed by atoms with Crippen LogP contribution in [0.1, 0.15) is 18.0 Å². The minimum atomic E-state index is -5.08. The SMILES string of the molecule is O=C(O)C(F)(F)F.O=S(=O)(Nc1nccs1)c1cc(Cl)c(NC(CN2CCC2)c2ccccc2)cc1F. The monoisotopic (exact) mass is 580 g/mol. The minimum Gasteiger partial charge on any atom is -0.475 e. The van der Waals surface area contributed by atoms with Gasteiger partial charge in [-0.15, -0.1) is 11.3 Å². The summed E-state index contributed by atoms with van der Waals surface area (Å²) >= 11 is 7.46. The Hall–Kier alpha value is -2.94. The van der Waals surface area contributed by atoms with Crippen LogP contribution in [0, 0.1) is 5.82 Å². The summed E-state index contributed by atoms with van der Waals surface area (Å²) in [6, 6.07) is 12.0. The van der Waals surface area contributed by atoms with E-state index in [0.29, 0.717) is 5.69 Å². The molecule has 0 bridgehead atoms. The molecule has 1 aliphatic rings. The van der Waals surface area contributed by atoms with Crippen LogP contribution in [-0.2, 0) is 14.8 Å². The number of sulfonamides is 1. The fourth-order valence-corrected chi connectivity index (χ4v) is 5.38. The first-order chi connectivity index (χ1) is 17.4. The van der Waals surface area contributed by atoms with Gasteiger partial charge >= 0.3 is 12.1 Å². The number of nitrogens with one attached hydrogen (secondary N) is 2. The lowest BCUT2D eigenvalue weighted by molar-refractivity contribution is -0.192. The average molecular weight is 581 g/mol. The van der Waals surface area contributed by atoms with Crippen LogP contribution >= 0.6 is 22.9 Å². The summed E-state index contributed by atoms with van der Waals surface area (Å²) in [5.41, 5.74) is 1.39. The highest BCUT2D eigenvalue weighted by Gasteiger charge is 2.38. The Kier molecular flexibility index (Phi) is 9.34. The van der Waals surface area contributed by atoms with Crippen LogP contribution in [-0.4, -0.2) is 55.2 Å². The summed E-state index contributed by atoms with van der Waals surface area (Å²) in [6.07, 6.45) is -2.46. The van der Waals surface area contributed by atoms with Gasteiger partial charge in [-0.3, -0.25) is 4.72 Å². The lowest BCUT2D eigenvalue weighted by Gasteiger charge is -2.35. The Bertz CT molecular complexity index is 1310. The zero-order valence-electron chi connectivity index (χ0n) is 18.9. The number of thiazole rings is 1. The molecule has 2 heterocycles. The van der Waals surface area contributed by atoms with Crippen LogP contribution in [0.15, 0.2) is 58.9 Å². The number of aliphatic carboxylic acids is 1. The molecule has 3 N–H and O–H groups in total. The van der Waals surface area contributed by atoms with E-state index in [1.54, 1.807) is 5.38 Å². The molecular weight excluding hydrogens is 560 g/mol. The van der Waals surface area contributed by atoms with E-state index in [1.165, 1.54) is 6.20 Å². The minimum absolute atomic E-state index is 0.112. The van der Waals surface area contributed by atoms with Crippen molar-refractivity contribution in [2.75, 3.05) is 29.7 Å². The molecule has 1 atom stereocenters.